The van der Waals surface area contributed by atoms with Crippen molar-refractivity contribution < 1.29 is 4.74 Å². The zero-order valence-corrected chi connectivity index (χ0v) is 11.2. The molecule has 3 rings (SSSR count). The highest BCUT2D eigenvalue weighted by molar-refractivity contribution is 5.37. The van der Waals surface area contributed by atoms with Crippen molar-refractivity contribution in [1.82, 2.24) is 14.9 Å². The van der Waals surface area contributed by atoms with Crippen molar-refractivity contribution >= 4 is 0 Å². The second-order valence-corrected chi connectivity index (χ2v) is 4.87. The highest BCUT2D eigenvalue weighted by Crippen LogP contribution is 2.28. The Kier molecular flexibility index (Phi) is 3.51. The number of benzene rings is 1. The van der Waals surface area contributed by atoms with Crippen LogP contribution in [0.1, 0.15) is 18.2 Å². The van der Waals surface area contributed by atoms with Crippen LogP contribution in [0.15, 0.2) is 36.8 Å². The topological polar surface area (TPSA) is 39.1 Å². The summed E-state index contributed by atoms with van der Waals surface area (Å²) in [6, 6.07) is 8.28. The third-order valence-electron chi connectivity index (χ3n) is 3.47. The third-order valence-corrected chi connectivity index (χ3v) is 3.47. The Morgan fingerprint density at radius 2 is 2.32 bits per heavy atom. The molecule has 0 radical (unpaired) electrons. The molecule has 0 saturated heterocycles. The molecule has 1 aliphatic rings. The molecule has 1 aromatic heterocycles. The minimum absolute atomic E-state index is 0.215. The van der Waals surface area contributed by atoms with E-state index in [1.807, 2.05) is 24.7 Å². The lowest BCUT2D eigenvalue weighted by molar-refractivity contribution is 0.207. The van der Waals surface area contributed by atoms with Gasteiger partial charge in [0.05, 0.1) is 18.6 Å². The molecule has 0 amide bonds. The van der Waals surface area contributed by atoms with E-state index in [0.29, 0.717) is 0 Å². The summed E-state index contributed by atoms with van der Waals surface area (Å²) >= 11 is 0. The van der Waals surface area contributed by atoms with Gasteiger partial charge in [-0.05, 0) is 18.2 Å². The van der Waals surface area contributed by atoms with Gasteiger partial charge in [0, 0.05) is 19.2 Å². The van der Waals surface area contributed by atoms with Gasteiger partial charge < -0.3 is 14.6 Å². The highest BCUT2D eigenvalue weighted by Gasteiger charge is 2.23. The molecule has 1 aliphatic heterocycles. The number of nitrogens with zero attached hydrogens (tertiary/aromatic N) is 2. The summed E-state index contributed by atoms with van der Waals surface area (Å²) in [4.78, 5) is 4.23. The van der Waals surface area contributed by atoms with Gasteiger partial charge in [0.15, 0.2) is 0 Å². The van der Waals surface area contributed by atoms with Crippen LogP contribution in [0.25, 0.3) is 0 Å². The van der Waals surface area contributed by atoms with Crippen molar-refractivity contribution in [2.75, 3.05) is 6.54 Å². The fourth-order valence-electron chi connectivity index (χ4n) is 2.49. The fraction of sp³-hybridized carbons (Fsp3) is 0.400. The summed E-state index contributed by atoms with van der Waals surface area (Å²) in [5.74, 6) is 1.03. The Bertz CT molecular complexity index is 525. The number of para-hydroxylation sites is 1. The molecule has 1 aromatic carbocycles. The SMILES string of the molecule is CCNCc1cncn1CC1Cc2ccccc2O1. The average molecular weight is 257 g/mol. The molecule has 1 unspecified atom stereocenters. The normalized spacial score (nSPS) is 17.2. The molecule has 2 heterocycles. The molecule has 0 aliphatic carbocycles. The molecule has 1 atom stereocenters. The van der Waals surface area contributed by atoms with Crippen LogP contribution in [0.4, 0.5) is 0 Å². The first-order chi connectivity index (χ1) is 9.36. The smallest absolute Gasteiger partial charge is 0.123 e. The van der Waals surface area contributed by atoms with E-state index < -0.39 is 0 Å². The van der Waals surface area contributed by atoms with Gasteiger partial charge in [0.1, 0.15) is 11.9 Å². The van der Waals surface area contributed by atoms with Crippen molar-refractivity contribution in [2.24, 2.45) is 0 Å². The summed E-state index contributed by atoms with van der Waals surface area (Å²) in [5, 5.41) is 3.33. The van der Waals surface area contributed by atoms with Gasteiger partial charge in [-0.15, -0.1) is 0 Å². The fourth-order valence-corrected chi connectivity index (χ4v) is 2.49. The maximum Gasteiger partial charge on any atom is 0.123 e. The lowest BCUT2D eigenvalue weighted by Gasteiger charge is -2.14. The lowest BCUT2D eigenvalue weighted by atomic mass is 10.1. The monoisotopic (exact) mass is 257 g/mol. The van der Waals surface area contributed by atoms with Gasteiger partial charge in [0.2, 0.25) is 0 Å². The molecule has 100 valence electrons. The number of imidazole rings is 1. The molecule has 0 bridgehead atoms. The van der Waals surface area contributed by atoms with E-state index >= 15 is 0 Å². The summed E-state index contributed by atoms with van der Waals surface area (Å²) in [7, 11) is 0. The Hall–Kier alpha value is -1.81. The highest BCUT2D eigenvalue weighted by atomic mass is 16.5. The van der Waals surface area contributed by atoms with Crippen LogP contribution >= 0.6 is 0 Å². The summed E-state index contributed by atoms with van der Waals surface area (Å²) < 4.78 is 8.15. The number of rotatable bonds is 5. The summed E-state index contributed by atoms with van der Waals surface area (Å²) in [6.07, 6.45) is 5.01. The molecule has 0 spiro atoms. The number of fused-ring (bicyclic) bond motifs is 1. The molecule has 19 heavy (non-hydrogen) atoms. The van der Waals surface area contributed by atoms with Gasteiger partial charge in [-0.2, -0.15) is 0 Å². The second kappa shape index (κ2) is 5.45. The predicted octanol–water partition coefficient (Wildman–Crippen LogP) is 2.00. The molecular formula is C15H19N3O. The maximum atomic E-state index is 5.97. The number of hydrogen-bond donors (Lipinski definition) is 1. The zero-order chi connectivity index (χ0) is 13.1. The molecule has 1 N–H and O–H groups in total. The first-order valence-electron chi connectivity index (χ1n) is 6.81. The van der Waals surface area contributed by atoms with Crippen LogP contribution in [-0.2, 0) is 19.5 Å². The Labute approximate surface area is 113 Å². The average Bonchev–Trinajstić information content (AvgIpc) is 3.02. The minimum Gasteiger partial charge on any atom is -0.488 e. The van der Waals surface area contributed by atoms with Gasteiger partial charge in [-0.1, -0.05) is 25.1 Å². The van der Waals surface area contributed by atoms with Crippen molar-refractivity contribution in [3.63, 3.8) is 0 Å². The van der Waals surface area contributed by atoms with Crippen LogP contribution in [-0.4, -0.2) is 22.2 Å². The first kappa shape index (κ1) is 12.2. The van der Waals surface area contributed by atoms with Crippen molar-refractivity contribution in [2.45, 2.75) is 32.5 Å². The Balaban J connectivity index is 1.66. The van der Waals surface area contributed by atoms with Crippen LogP contribution in [0.3, 0.4) is 0 Å². The van der Waals surface area contributed by atoms with Crippen molar-refractivity contribution in [3.05, 3.63) is 48.0 Å². The van der Waals surface area contributed by atoms with E-state index in [9.17, 15) is 0 Å². The standard InChI is InChI=1S/C15H19N3O/c1-2-16-8-13-9-17-11-18(13)10-14-7-12-5-3-4-6-15(12)19-14/h3-6,9,11,14,16H,2,7-8,10H2,1H3. The lowest BCUT2D eigenvalue weighted by Crippen LogP contribution is -2.23. The number of aromatic nitrogens is 2. The Morgan fingerprint density at radius 3 is 3.16 bits per heavy atom. The third kappa shape index (κ3) is 2.63. The van der Waals surface area contributed by atoms with E-state index in [0.717, 1.165) is 31.8 Å². The number of hydrogen-bond acceptors (Lipinski definition) is 3. The van der Waals surface area contributed by atoms with E-state index in [4.69, 9.17) is 4.74 Å². The van der Waals surface area contributed by atoms with Crippen molar-refractivity contribution in [3.8, 4) is 5.75 Å². The van der Waals surface area contributed by atoms with E-state index in [1.54, 1.807) is 0 Å². The molecule has 0 saturated carbocycles. The molecule has 4 heteroatoms. The minimum atomic E-state index is 0.215. The van der Waals surface area contributed by atoms with Gasteiger partial charge >= 0.3 is 0 Å². The van der Waals surface area contributed by atoms with Gasteiger partial charge in [-0.3, -0.25) is 0 Å². The summed E-state index contributed by atoms with van der Waals surface area (Å²) in [5.41, 5.74) is 2.52. The Morgan fingerprint density at radius 1 is 1.42 bits per heavy atom. The molecular weight excluding hydrogens is 238 g/mol. The molecule has 2 aromatic rings. The van der Waals surface area contributed by atoms with Crippen molar-refractivity contribution in [1.29, 1.82) is 0 Å². The molecule has 0 fully saturated rings. The first-order valence-corrected chi connectivity index (χ1v) is 6.81. The van der Waals surface area contributed by atoms with Crippen LogP contribution in [0.5, 0.6) is 5.75 Å². The largest absolute Gasteiger partial charge is 0.488 e. The van der Waals surface area contributed by atoms with E-state index in [-0.39, 0.29) is 6.10 Å². The van der Waals surface area contributed by atoms with E-state index in [1.165, 1.54) is 11.3 Å². The van der Waals surface area contributed by atoms with Crippen LogP contribution in [0.2, 0.25) is 0 Å². The molecule has 4 nitrogen and oxygen atoms in total. The predicted molar refractivity (Wildman–Crippen MR) is 74.2 cm³/mol. The van der Waals surface area contributed by atoms with Gasteiger partial charge in [-0.25, -0.2) is 4.98 Å². The van der Waals surface area contributed by atoms with Crippen LogP contribution in [0, 0.1) is 0 Å². The van der Waals surface area contributed by atoms with Gasteiger partial charge in [0.25, 0.3) is 0 Å². The zero-order valence-electron chi connectivity index (χ0n) is 11.2. The number of ether oxygens (including phenoxy) is 1. The van der Waals surface area contributed by atoms with E-state index in [2.05, 4.69) is 33.9 Å². The second-order valence-electron chi connectivity index (χ2n) is 4.87. The summed E-state index contributed by atoms with van der Waals surface area (Å²) in [6.45, 7) is 4.79. The van der Waals surface area contributed by atoms with Crippen LogP contribution < -0.4 is 10.1 Å². The maximum absolute atomic E-state index is 5.97. The number of nitrogens with one attached hydrogen (secondary N) is 1. The quantitative estimate of drug-likeness (QED) is 0.890.